The Hall–Kier alpha value is -1.22. The SMILES string of the molecule is CC(NC(=O)c1csc(CCN)n1)C(=O)N1CCOCC1.Cl. The molecule has 1 aliphatic heterocycles. The van der Waals surface area contributed by atoms with Gasteiger partial charge in [0.05, 0.1) is 18.2 Å². The van der Waals surface area contributed by atoms with E-state index in [1.807, 2.05) is 0 Å². The molecule has 0 aliphatic carbocycles. The molecule has 22 heavy (non-hydrogen) atoms. The summed E-state index contributed by atoms with van der Waals surface area (Å²) in [6.07, 6.45) is 0.653. The Labute approximate surface area is 139 Å². The zero-order valence-corrected chi connectivity index (χ0v) is 14.0. The molecule has 0 bridgehead atoms. The monoisotopic (exact) mass is 348 g/mol. The third-order valence-electron chi connectivity index (χ3n) is 3.18. The lowest BCUT2D eigenvalue weighted by atomic mass is 10.2. The van der Waals surface area contributed by atoms with Crippen molar-refractivity contribution in [2.24, 2.45) is 5.73 Å². The maximum absolute atomic E-state index is 12.2. The summed E-state index contributed by atoms with van der Waals surface area (Å²) >= 11 is 1.40. The van der Waals surface area contributed by atoms with Gasteiger partial charge in [-0.2, -0.15) is 0 Å². The minimum absolute atomic E-state index is 0. The van der Waals surface area contributed by atoms with E-state index in [0.717, 1.165) is 5.01 Å². The van der Waals surface area contributed by atoms with Crippen LogP contribution < -0.4 is 11.1 Å². The first-order valence-corrected chi connectivity index (χ1v) is 7.81. The average molecular weight is 349 g/mol. The summed E-state index contributed by atoms with van der Waals surface area (Å²) in [5.41, 5.74) is 5.79. The van der Waals surface area contributed by atoms with E-state index < -0.39 is 6.04 Å². The molecule has 1 fully saturated rings. The number of thiazole rings is 1. The van der Waals surface area contributed by atoms with Crippen LogP contribution in [0.2, 0.25) is 0 Å². The van der Waals surface area contributed by atoms with Gasteiger partial charge in [-0.05, 0) is 13.5 Å². The molecule has 1 aromatic rings. The van der Waals surface area contributed by atoms with Gasteiger partial charge in [-0.25, -0.2) is 4.98 Å². The Morgan fingerprint density at radius 3 is 2.82 bits per heavy atom. The number of aromatic nitrogens is 1. The van der Waals surface area contributed by atoms with E-state index in [1.54, 1.807) is 17.2 Å². The van der Waals surface area contributed by atoms with E-state index in [4.69, 9.17) is 10.5 Å². The average Bonchev–Trinajstić information content (AvgIpc) is 2.96. The molecular weight excluding hydrogens is 328 g/mol. The Bertz CT molecular complexity index is 505. The van der Waals surface area contributed by atoms with Gasteiger partial charge < -0.3 is 20.7 Å². The highest BCUT2D eigenvalue weighted by atomic mass is 35.5. The van der Waals surface area contributed by atoms with Crippen LogP contribution in [0, 0.1) is 0 Å². The van der Waals surface area contributed by atoms with Gasteiger partial charge in [0.15, 0.2) is 0 Å². The van der Waals surface area contributed by atoms with Crippen molar-refractivity contribution in [3.63, 3.8) is 0 Å². The molecule has 7 nitrogen and oxygen atoms in total. The first-order chi connectivity index (χ1) is 10.1. The first kappa shape index (κ1) is 18.8. The number of morpholine rings is 1. The predicted octanol–water partition coefficient (Wildman–Crippen LogP) is 0.0432. The normalized spacial score (nSPS) is 15.8. The summed E-state index contributed by atoms with van der Waals surface area (Å²) in [7, 11) is 0. The van der Waals surface area contributed by atoms with Crippen molar-refractivity contribution >= 4 is 35.6 Å². The van der Waals surface area contributed by atoms with Crippen molar-refractivity contribution in [1.82, 2.24) is 15.2 Å². The maximum Gasteiger partial charge on any atom is 0.271 e. The Balaban J connectivity index is 0.00000242. The topological polar surface area (TPSA) is 97.6 Å². The van der Waals surface area contributed by atoms with E-state index in [-0.39, 0.29) is 24.2 Å². The number of rotatable bonds is 5. The van der Waals surface area contributed by atoms with Gasteiger partial charge in [-0.1, -0.05) is 0 Å². The van der Waals surface area contributed by atoms with E-state index in [0.29, 0.717) is 45.0 Å². The minimum atomic E-state index is -0.574. The molecule has 0 spiro atoms. The van der Waals surface area contributed by atoms with E-state index in [2.05, 4.69) is 10.3 Å². The maximum atomic E-state index is 12.2. The molecule has 1 aromatic heterocycles. The van der Waals surface area contributed by atoms with Crippen LogP contribution in [0.4, 0.5) is 0 Å². The lowest BCUT2D eigenvalue weighted by Gasteiger charge is -2.29. The van der Waals surface area contributed by atoms with Crippen LogP contribution in [0.25, 0.3) is 0 Å². The molecule has 2 heterocycles. The molecule has 0 saturated carbocycles. The van der Waals surface area contributed by atoms with Crippen LogP contribution in [0.3, 0.4) is 0 Å². The number of carbonyl (C=O) groups is 2. The first-order valence-electron chi connectivity index (χ1n) is 6.93. The fourth-order valence-corrected chi connectivity index (χ4v) is 2.84. The lowest BCUT2D eigenvalue weighted by molar-refractivity contribution is -0.136. The molecular formula is C13H21ClN4O3S. The summed E-state index contributed by atoms with van der Waals surface area (Å²) in [5, 5.41) is 5.21. The fraction of sp³-hybridized carbons (Fsp3) is 0.615. The van der Waals surface area contributed by atoms with Crippen molar-refractivity contribution in [2.75, 3.05) is 32.8 Å². The van der Waals surface area contributed by atoms with E-state index >= 15 is 0 Å². The van der Waals surface area contributed by atoms with Gasteiger partial charge in [0.1, 0.15) is 11.7 Å². The van der Waals surface area contributed by atoms with Gasteiger partial charge in [0, 0.05) is 24.9 Å². The molecule has 2 rings (SSSR count). The fourth-order valence-electron chi connectivity index (χ4n) is 2.04. The number of nitrogens with one attached hydrogen (secondary N) is 1. The minimum Gasteiger partial charge on any atom is -0.378 e. The van der Waals surface area contributed by atoms with Crippen molar-refractivity contribution in [3.8, 4) is 0 Å². The molecule has 1 aliphatic rings. The summed E-state index contributed by atoms with van der Waals surface area (Å²) in [6, 6.07) is -0.574. The van der Waals surface area contributed by atoms with Gasteiger partial charge >= 0.3 is 0 Å². The number of hydrogen-bond donors (Lipinski definition) is 2. The molecule has 0 radical (unpaired) electrons. The van der Waals surface area contributed by atoms with Gasteiger partial charge in [0.2, 0.25) is 5.91 Å². The number of carbonyl (C=O) groups excluding carboxylic acids is 2. The molecule has 1 atom stereocenters. The van der Waals surface area contributed by atoms with Gasteiger partial charge in [0.25, 0.3) is 5.91 Å². The predicted molar refractivity (Wildman–Crippen MR) is 86.4 cm³/mol. The number of hydrogen-bond acceptors (Lipinski definition) is 6. The molecule has 0 aromatic carbocycles. The standard InChI is InChI=1S/C13H20N4O3S.ClH/c1-9(13(19)17-4-6-20-7-5-17)15-12(18)10-8-21-11(16-10)2-3-14;/h8-9H,2-7,14H2,1H3,(H,15,18);1H. The summed E-state index contributed by atoms with van der Waals surface area (Å²) in [6.45, 7) is 4.40. The van der Waals surface area contributed by atoms with Crippen molar-refractivity contribution < 1.29 is 14.3 Å². The van der Waals surface area contributed by atoms with Crippen LogP contribution in [0.15, 0.2) is 5.38 Å². The number of nitrogens with two attached hydrogens (primary N) is 1. The lowest BCUT2D eigenvalue weighted by Crippen LogP contribution is -2.50. The Morgan fingerprint density at radius 1 is 1.50 bits per heavy atom. The molecule has 1 saturated heterocycles. The largest absolute Gasteiger partial charge is 0.378 e. The van der Waals surface area contributed by atoms with Gasteiger partial charge in [-0.3, -0.25) is 9.59 Å². The number of ether oxygens (including phenoxy) is 1. The second kappa shape index (κ2) is 9.04. The van der Waals surface area contributed by atoms with Crippen LogP contribution in [-0.2, 0) is 16.0 Å². The molecule has 1 unspecified atom stereocenters. The van der Waals surface area contributed by atoms with Gasteiger partial charge in [-0.15, -0.1) is 23.7 Å². The van der Waals surface area contributed by atoms with Crippen LogP contribution >= 0.6 is 23.7 Å². The van der Waals surface area contributed by atoms with Crippen LogP contribution in [0.1, 0.15) is 22.4 Å². The summed E-state index contributed by atoms with van der Waals surface area (Å²) in [5.74, 6) is -0.423. The van der Waals surface area contributed by atoms with Crippen molar-refractivity contribution in [2.45, 2.75) is 19.4 Å². The second-order valence-electron chi connectivity index (χ2n) is 4.80. The van der Waals surface area contributed by atoms with E-state index in [9.17, 15) is 9.59 Å². The van der Waals surface area contributed by atoms with Crippen LogP contribution in [-0.4, -0.2) is 60.6 Å². The number of halogens is 1. The number of amides is 2. The van der Waals surface area contributed by atoms with Crippen molar-refractivity contribution in [3.05, 3.63) is 16.1 Å². The van der Waals surface area contributed by atoms with E-state index in [1.165, 1.54) is 11.3 Å². The third-order valence-corrected chi connectivity index (χ3v) is 4.09. The molecule has 3 N–H and O–H groups in total. The highest BCUT2D eigenvalue weighted by Gasteiger charge is 2.24. The summed E-state index contributed by atoms with van der Waals surface area (Å²) in [4.78, 5) is 30.2. The van der Waals surface area contributed by atoms with Crippen LogP contribution in [0.5, 0.6) is 0 Å². The number of nitrogens with zero attached hydrogens (tertiary/aromatic N) is 2. The highest BCUT2D eigenvalue weighted by Crippen LogP contribution is 2.10. The van der Waals surface area contributed by atoms with Crippen molar-refractivity contribution in [1.29, 1.82) is 0 Å². The molecule has 9 heteroatoms. The Kier molecular flexibility index (Phi) is 7.74. The molecule has 124 valence electrons. The summed E-state index contributed by atoms with van der Waals surface area (Å²) < 4.78 is 5.21. The Morgan fingerprint density at radius 2 is 2.18 bits per heavy atom. The highest BCUT2D eigenvalue weighted by molar-refractivity contribution is 7.09. The molecule has 2 amide bonds. The third kappa shape index (κ3) is 4.91. The quantitative estimate of drug-likeness (QED) is 0.783. The second-order valence-corrected chi connectivity index (χ2v) is 5.74. The zero-order chi connectivity index (χ0) is 15.2. The smallest absolute Gasteiger partial charge is 0.271 e. The zero-order valence-electron chi connectivity index (χ0n) is 12.4.